The van der Waals surface area contributed by atoms with Crippen LogP contribution in [-0.2, 0) is 20.9 Å². The Bertz CT molecular complexity index is 1050. The fraction of sp³-hybridized carbons (Fsp3) is 0.158. The molecule has 2 heterocycles. The second-order valence-electron chi connectivity index (χ2n) is 5.62. The van der Waals surface area contributed by atoms with Crippen LogP contribution >= 0.6 is 0 Å². The van der Waals surface area contributed by atoms with E-state index in [1.165, 1.54) is 10.5 Å². The van der Waals surface area contributed by atoms with Crippen molar-refractivity contribution >= 4 is 29.3 Å². The number of anilines is 1. The minimum Gasteiger partial charge on any atom is -0.463 e. The lowest BCUT2D eigenvalue weighted by atomic mass is 10.2. The maximum atomic E-state index is 12.2. The third-order valence-corrected chi connectivity index (χ3v) is 3.67. The van der Waals surface area contributed by atoms with Crippen molar-refractivity contribution < 1.29 is 14.3 Å². The van der Waals surface area contributed by atoms with Gasteiger partial charge in [-0.15, -0.1) is 5.10 Å². The second-order valence-corrected chi connectivity index (χ2v) is 5.62. The molecule has 3 rings (SSSR count). The van der Waals surface area contributed by atoms with Crippen LogP contribution in [0, 0.1) is 0 Å². The van der Waals surface area contributed by atoms with Crippen molar-refractivity contribution in [1.82, 2.24) is 14.2 Å². The first-order valence-corrected chi connectivity index (χ1v) is 8.36. The third kappa shape index (κ3) is 4.49. The van der Waals surface area contributed by atoms with Gasteiger partial charge in [-0.2, -0.15) is 0 Å². The Morgan fingerprint density at radius 3 is 2.67 bits per heavy atom. The van der Waals surface area contributed by atoms with Crippen LogP contribution in [0.2, 0.25) is 0 Å². The van der Waals surface area contributed by atoms with Gasteiger partial charge in [-0.1, -0.05) is 18.2 Å². The fourth-order valence-corrected chi connectivity index (χ4v) is 2.44. The molecule has 0 spiro atoms. The standard InChI is InChI=1S/C19H18N4O4/c1-2-27-18(25)11-8-14-6-9-15(10-7-14)20-17(24)13-23-19(26)22-12-4-3-5-16(22)21-23/h3-12H,2,13H2,1H3,(H,20,24). The average Bonchev–Trinajstić information content (AvgIpc) is 2.97. The first-order chi connectivity index (χ1) is 13.1. The third-order valence-electron chi connectivity index (χ3n) is 3.67. The van der Waals surface area contributed by atoms with Crippen molar-refractivity contribution in [3.05, 3.63) is 70.8 Å². The predicted octanol–water partition coefficient (Wildman–Crippen LogP) is 1.71. The number of nitrogens with one attached hydrogen (secondary N) is 1. The Hall–Kier alpha value is -3.68. The number of rotatable bonds is 6. The van der Waals surface area contributed by atoms with Gasteiger partial charge in [0, 0.05) is 18.0 Å². The first kappa shape index (κ1) is 18.1. The van der Waals surface area contributed by atoms with Crippen LogP contribution < -0.4 is 11.0 Å². The summed E-state index contributed by atoms with van der Waals surface area (Å²) in [4.78, 5) is 35.7. The average molecular weight is 366 g/mol. The number of nitrogens with zero attached hydrogens (tertiary/aromatic N) is 3. The van der Waals surface area contributed by atoms with E-state index in [4.69, 9.17) is 4.74 Å². The summed E-state index contributed by atoms with van der Waals surface area (Å²) < 4.78 is 7.29. The lowest BCUT2D eigenvalue weighted by Crippen LogP contribution is -2.28. The Kier molecular flexibility index (Phi) is 5.46. The molecule has 27 heavy (non-hydrogen) atoms. The van der Waals surface area contributed by atoms with E-state index in [2.05, 4.69) is 10.4 Å². The molecule has 0 saturated heterocycles. The highest BCUT2D eigenvalue weighted by Crippen LogP contribution is 2.11. The maximum absolute atomic E-state index is 12.2. The number of benzene rings is 1. The number of pyridine rings is 1. The van der Waals surface area contributed by atoms with E-state index in [-0.39, 0.29) is 18.1 Å². The van der Waals surface area contributed by atoms with Crippen LogP contribution in [0.1, 0.15) is 12.5 Å². The van der Waals surface area contributed by atoms with E-state index in [0.29, 0.717) is 17.9 Å². The number of esters is 1. The lowest BCUT2D eigenvalue weighted by Gasteiger charge is -2.05. The Morgan fingerprint density at radius 2 is 1.96 bits per heavy atom. The predicted molar refractivity (Wildman–Crippen MR) is 100 cm³/mol. The van der Waals surface area contributed by atoms with Crippen molar-refractivity contribution in [2.75, 3.05) is 11.9 Å². The molecule has 2 aromatic heterocycles. The maximum Gasteiger partial charge on any atom is 0.350 e. The SMILES string of the molecule is CCOC(=O)C=Cc1ccc(NC(=O)Cn2nc3ccccn3c2=O)cc1. The molecule has 0 fully saturated rings. The number of carbonyl (C=O) groups excluding carboxylic acids is 2. The van der Waals surface area contributed by atoms with E-state index in [9.17, 15) is 14.4 Å². The largest absolute Gasteiger partial charge is 0.463 e. The number of fused-ring (bicyclic) bond motifs is 1. The van der Waals surface area contributed by atoms with Crippen molar-refractivity contribution in [1.29, 1.82) is 0 Å². The normalized spacial score (nSPS) is 11.0. The monoisotopic (exact) mass is 366 g/mol. The van der Waals surface area contributed by atoms with Gasteiger partial charge in [0.05, 0.1) is 6.61 Å². The van der Waals surface area contributed by atoms with Crippen molar-refractivity contribution in [2.45, 2.75) is 13.5 Å². The van der Waals surface area contributed by atoms with Crippen molar-refractivity contribution in [2.24, 2.45) is 0 Å². The first-order valence-electron chi connectivity index (χ1n) is 8.36. The lowest BCUT2D eigenvalue weighted by molar-refractivity contribution is -0.137. The van der Waals surface area contributed by atoms with Crippen LogP contribution in [0.25, 0.3) is 11.7 Å². The molecule has 0 atom stereocenters. The zero-order valence-corrected chi connectivity index (χ0v) is 14.7. The molecular weight excluding hydrogens is 348 g/mol. The van der Waals surface area contributed by atoms with Gasteiger partial charge >= 0.3 is 11.7 Å². The van der Waals surface area contributed by atoms with Crippen LogP contribution in [0.3, 0.4) is 0 Å². The molecule has 1 N–H and O–H groups in total. The number of amides is 1. The second kappa shape index (κ2) is 8.13. The van der Waals surface area contributed by atoms with E-state index in [1.54, 1.807) is 61.7 Å². The zero-order chi connectivity index (χ0) is 19.2. The highest BCUT2D eigenvalue weighted by Gasteiger charge is 2.10. The van der Waals surface area contributed by atoms with E-state index < -0.39 is 5.97 Å². The molecule has 0 aliphatic rings. The summed E-state index contributed by atoms with van der Waals surface area (Å²) in [6.07, 6.45) is 4.56. The quantitative estimate of drug-likeness (QED) is 0.529. The fourth-order valence-electron chi connectivity index (χ4n) is 2.44. The molecule has 0 aliphatic carbocycles. The number of hydrogen-bond acceptors (Lipinski definition) is 5. The molecule has 1 amide bonds. The zero-order valence-electron chi connectivity index (χ0n) is 14.7. The summed E-state index contributed by atoms with van der Waals surface area (Å²) in [7, 11) is 0. The van der Waals surface area contributed by atoms with E-state index >= 15 is 0 Å². The number of aromatic nitrogens is 3. The van der Waals surface area contributed by atoms with Gasteiger partial charge in [-0.05, 0) is 42.8 Å². The van der Waals surface area contributed by atoms with Crippen LogP contribution in [0.15, 0.2) is 59.5 Å². The molecule has 0 bridgehead atoms. The molecule has 138 valence electrons. The molecule has 3 aromatic rings. The molecular formula is C19H18N4O4. The molecule has 0 unspecified atom stereocenters. The highest BCUT2D eigenvalue weighted by molar-refractivity contribution is 5.91. The van der Waals surface area contributed by atoms with Crippen molar-refractivity contribution in [3.8, 4) is 0 Å². The summed E-state index contributed by atoms with van der Waals surface area (Å²) in [6, 6.07) is 12.1. The van der Waals surface area contributed by atoms with Gasteiger partial charge < -0.3 is 10.1 Å². The summed E-state index contributed by atoms with van der Waals surface area (Å²) in [5, 5.41) is 6.83. The molecule has 0 aliphatic heterocycles. The smallest absolute Gasteiger partial charge is 0.350 e. The molecule has 0 saturated carbocycles. The van der Waals surface area contributed by atoms with Gasteiger partial charge in [0.25, 0.3) is 0 Å². The topological polar surface area (TPSA) is 94.7 Å². The van der Waals surface area contributed by atoms with Gasteiger partial charge in [0.15, 0.2) is 5.65 Å². The van der Waals surface area contributed by atoms with Gasteiger partial charge in [-0.3, -0.25) is 9.20 Å². The number of hydrogen-bond donors (Lipinski definition) is 1. The molecule has 0 radical (unpaired) electrons. The molecule has 8 heteroatoms. The van der Waals surface area contributed by atoms with Gasteiger partial charge in [0.1, 0.15) is 6.54 Å². The van der Waals surface area contributed by atoms with Gasteiger partial charge in [-0.25, -0.2) is 14.3 Å². The summed E-state index contributed by atoms with van der Waals surface area (Å²) in [5.41, 5.74) is 1.47. The summed E-state index contributed by atoms with van der Waals surface area (Å²) in [5.74, 6) is -0.775. The summed E-state index contributed by atoms with van der Waals surface area (Å²) in [6.45, 7) is 1.87. The minimum absolute atomic E-state index is 0.189. The molecule has 8 nitrogen and oxygen atoms in total. The van der Waals surface area contributed by atoms with Crippen molar-refractivity contribution in [3.63, 3.8) is 0 Å². The van der Waals surface area contributed by atoms with E-state index in [0.717, 1.165) is 10.2 Å². The highest BCUT2D eigenvalue weighted by atomic mass is 16.5. The van der Waals surface area contributed by atoms with Crippen LogP contribution in [0.5, 0.6) is 0 Å². The Balaban J connectivity index is 1.63. The molecule has 1 aromatic carbocycles. The summed E-state index contributed by atoms with van der Waals surface area (Å²) >= 11 is 0. The Morgan fingerprint density at radius 1 is 1.19 bits per heavy atom. The van der Waals surface area contributed by atoms with Crippen LogP contribution in [-0.4, -0.2) is 32.7 Å². The van der Waals surface area contributed by atoms with Crippen LogP contribution in [0.4, 0.5) is 5.69 Å². The van der Waals surface area contributed by atoms with Gasteiger partial charge in [0.2, 0.25) is 5.91 Å². The number of ether oxygens (including phenoxy) is 1. The van der Waals surface area contributed by atoms with E-state index in [1.807, 2.05) is 0 Å². The number of carbonyl (C=O) groups is 2. The minimum atomic E-state index is -0.409. The Labute approximate surface area is 154 Å².